The average molecular weight is 264 g/mol. The van der Waals surface area contributed by atoms with E-state index in [-0.39, 0.29) is 18.6 Å². The maximum atomic E-state index is 12.5. The third kappa shape index (κ3) is 2.81. The number of ether oxygens (including phenoxy) is 1. The molecular weight excluding hydrogens is 244 g/mol. The van der Waals surface area contributed by atoms with Crippen LogP contribution >= 0.6 is 0 Å². The second-order valence-corrected chi connectivity index (χ2v) is 4.78. The van der Waals surface area contributed by atoms with E-state index in [4.69, 9.17) is 10.5 Å². The van der Waals surface area contributed by atoms with Gasteiger partial charge in [0.1, 0.15) is 5.75 Å². The van der Waals surface area contributed by atoms with Crippen molar-refractivity contribution < 1.29 is 14.6 Å². The molecule has 2 rings (SSSR count). The number of amides is 1. The van der Waals surface area contributed by atoms with Crippen LogP contribution in [0.25, 0.3) is 0 Å². The zero-order chi connectivity index (χ0) is 13.8. The molecule has 1 heterocycles. The Morgan fingerprint density at radius 3 is 3.00 bits per heavy atom. The van der Waals surface area contributed by atoms with Crippen molar-refractivity contribution >= 4 is 11.6 Å². The molecule has 5 heteroatoms. The van der Waals surface area contributed by atoms with Gasteiger partial charge in [0.2, 0.25) is 0 Å². The summed E-state index contributed by atoms with van der Waals surface area (Å²) in [6.45, 7) is 0.663. The summed E-state index contributed by atoms with van der Waals surface area (Å²) in [5.41, 5.74) is 6.76. The standard InChI is InChI=1S/C14H20N2O3/c1-19-11-5-6-13(15)12(8-11)14(18)16-7-3-2-4-10(16)9-17/h5-6,8,10,17H,2-4,7,9,15H2,1H3. The number of nitrogens with two attached hydrogens (primary N) is 1. The number of methoxy groups -OCH3 is 1. The highest BCUT2D eigenvalue weighted by Crippen LogP contribution is 2.25. The Morgan fingerprint density at radius 1 is 1.53 bits per heavy atom. The number of anilines is 1. The highest BCUT2D eigenvalue weighted by Gasteiger charge is 2.28. The van der Waals surface area contributed by atoms with Gasteiger partial charge in [-0.3, -0.25) is 4.79 Å². The average Bonchev–Trinajstić information content (AvgIpc) is 2.47. The number of aliphatic hydroxyl groups is 1. The van der Waals surface area contributed by atoms with Gasteiger partial charge in [0.05, 0.1) is 25.3 Å². The summed E-state index contributed by atoms with van der Waals surface area (Å²) < 4.78 is 5.12. The fourth-order valence-electron chi connectivity index (χ4n) is 2.46. The number of likely N-dealkylation sites (tertiary alicyclic amines) is 1. The Morgan fingerprint density at radius 2 is 2.32 bits per heavy atom. The molecule has 1 aromatic carbocycles. The summed E-state index contributed by atoms with van der Waals surface area (Å²) in [4.78, 5) is 14.3. The number of carbonyl (C=O) groups is 1. The molecule has 1 atom stereocenters. The van der Waals surface area contributed by atoms with Gasteiger partial charge < -0.3 is 20.5 Å². The molecule has 0 spiro atoms. The lowest BCUT2D eigenvalue weighted by Gasteiger charge is -2.35. The Bertz CT molecular complexity index is 462. The van der Waals surface area contributed by atoms with Crippen LogP contribution in [0, 0.1) is 0 Å². The number of hydrogen-bond donors (Lipinski definition) is 2. The van der Waals surface area contributed by atoms with E-state index in [0.29, 0.717) is 23.5 Å². The van der Waals surface area contributed by atoms with Crippen LogP contribution in [0.3, 0.4) is 0 Å². The van der Waals surface area contributed by atoms with E-state index in [0.717, 1.165) is 19.3 Å². The van der Waals surface area contributed by atoms with Gasteiger partial charge in [-0.25, -0.2) is 0 Å². The number of piperidine rings is 1. The van der Waals surface area contributed by atoms with E-state index < -0.39 is 0 Å². The van der Waals surface area contributed by atoms with Crippen LogP contribution in [0.4, 0.5) is 5.69 Å². The Labute approximate surface area is 113 Å². The Balaban J connectivity index is 2.27. The summed E-state index contributed by atoms with van der Waals surface area (Å²) in [5.74, 6) is 0.477. The number of nitrogens with zero attached hydrogens (tertiary/aromatic N) is 1. The second kappa shape index (κ2) is 5.93. The van der Waals surface area contributed by atoms with Crippen LogP contribution in [0.5, 0.6) is 5.75 Å². The smallest absolute Gasteiger partial charge is 0.256 e. The number of nitrogen functional groups attached to an aromatic ring is 1. The van der Waals surface area contributed by atoms with Crippen LogP contribution in [-0.2, 0) is 0 Å². The predicted molar refractivity (Wildman–Crippen MR) is 73.2 cm³/mol. The molecule has 1 amide bonds. The number of aliphatic hydroxyl groups excluding tert-OH is 1. The highest BCUT2D eigenvalue weighted by atomic mass is 16.5. The molecule has 0 aliphatic carbocycles. The lowest BCUT2D eigenvalue weighted by Crippen LogP contribution is -2.45. The van der Waals surface area contributed by atoms with Crippen molar-refractivity contribution in [2.24, 2.45) is 0 Å². The number of carbonyl (C=O) groups excluding carboxylic acids is 1. The van der Waals surface area contributed by atoms with Gasteiger partial charge in [-0.15, -0.1) is 0 Å². The van der Waals surface area contributed by atoms with E-state index in [9.17, 15) is 9.90 Å². The van der Waals surface area contributed by atoms with Crippen molar-refractivity contribution in [1.82, 2.24) is 4.90 Å². The van der Waals surface area contributed by atoms with Crippen molar-refractivity contribution in [1.29, 1.82) is 0 Å². The zero-order valence-corrected chi connectivity index (χ0v) is 11.1. The van der Waals surface area contributed by atoms with Gasteiger partial charge in [-0.05, 0) is 37.5 Å². The zero-order valence-electron chi connectivity index (χ0n) is 11.1. The molecule has 1 fully saturated rings. The maximum absolute atomic E-state index is 12.5. The minimum Gasteiger partial charge on any atom is -0.497 e. The van der Waals surface area contributed by atoms with E-state index in [1.807, 2.05) is 0 Å². The van der Waals surface area contributed by atoms with Crippen LogP contribution in [0.2, 0.25) is 0 Å². The molecule has 5 nitrogen and oxygen atoms in total. The van der Waals surface area contributed by atoms with Gasteiger partial charge >= 0.3 is 0 Å². The van der Waals surface area contributed by atoms with Crippen molar-refractivity contribution in [2.75, 3.05) is 26.0 Å². The Hall–Kier alpha value is -1.75. The van der Waals surface area contributed by atoms with Gasteiger partial charge in [-0.1, -0.05) is 0 Å². The first-order valence-electron chi connectivity index (χ1n) is 6.52. The van der Waals surface area contributed by atoms with Crippen molar-refractivity contribution in [3.05, 3.63) is 23.8 Å². The normalized spacial score (nSPS) is 19.3. The number of hydrogen-bond acceptors (Lipinski definition) is 4. The summed E-state index contributed by atoms with van der Waals surface area (Å²) >= 11 is 0. The highest BCUT2D eigenvalue weighted by molar-refractivity contribution is 5.99. The van der Waals surface area contributed by atoms with E-state index in [1.54, 1.807) is 30.2 Å². The SMILES string of the molecule is COc1ccc(N)c(C(=O)N2CCCCC2CO)c1. The van der Waals surface area contributed by atoms with Gasteiger partial charge in [0, 0.05) is 12.2 Å². The molecule has 0 aromatic heterocycles. The summed E-state index contributed by atoms with van der Waals surface area (Å²) in [7, 11) is 1.55. The van der Waals surface area contributed by atoms with E-state index in [1.165, 1.54) is 0 Å². The minimum atomic E-state index is -0.129. The van der Waals surface area contributed by atoms with Crippen LogP contribution in [0.1, 0.15) is 29.6 Å². The summed E-state index contributed by atoms with van der Waals surface area (Å²) in [6.07, 6.45) is 2.85. The molecule has 0 radical (unpaired) electrons. The quantitative estimate of drug-likeness (QED) is 0.806. The molecule has 1 aliphatic rings. The lowest BCUT2D eigenvalue weighted by atomic mass is 10.0. The number of benzene rings is 1. The molecule has 104 valence electrons. The molecule has 1 saturated heterocycles. The largest absolute Gasteiger partial charge is 0.497 e. The Kier molecular flexibility index (Phi) is 4.27. The summed E-state index contributed by atoms with van der Waals surface area (Å²) in [5, 5.41) is 9.38. The topological polar surface area (TPSA) is 75.8 Å². The molecular formula is C14H20N2O3. The molecule has 1 unspecified atom stereocenters. The third-order valence-corrected chi connectivity index (χ3v) is 3.59. The first kappa shape index (κ1) is 13.7. The monoisotopic (exact) mass is 264 g/mol. The molecule has 19 heavy (non-hydrogen) atoms. The van der Waals surface area contributed by atoms with Gasteiger partial charge in [-0.2, -0.15) is 0 Å². The third-order valence-electron chi connectivity index (χ3n) is 3.59. The van der Waals surface area contributed by atoms with Crippen molar-refractivity contribution in [3.63, 3.8) is 0 Å². The fraction of sp³-hybridized carbons (Fsp3) is 0.500. The van der Waals surface area contributed by atoms with Crippen LogP contribution in [0.15, 0.2) is 18.2 Å². The first-order chi connectivity index (χ1) is 9.17. The fourth-order valence-corrected chi connectivity index (χ4v) is 2.46. The van der Waals surface area contributed by atoms with Gasteiger partial charge in [0.15, 0.2) is 0 Å². The number of rotatable bonds is 3. The summed E-state index contributed by atoms with van der Waals surface area (Å²) in [6, 6.07) is 4.95. The molecule has 1 aromatic rings. The van der Waals surface area contributed by atoms with Crippen LogP contribution in [-0.4, -0.2) is 42.2 Å². The van der Waals surface area contributed by atoms with Crippen molar-refractivity contribution in [3.8, 4) is 5.75 Å². The molecule has 0 bridgehead atoms. The molecule has 1 aliphatic heterocycles. The maximum Gasteiger partial charge on any atom is 0.256 e. The second-order valence-electron chi connectivity index (χ2n) is 4.78. The minimum absolute atomic E-state index is 0.00435. The van der Waals surface area contributed by atoms with E-state index in [2.05, 4.69) is 0 Å². The molecule has 0 saturated carbocycles. The first-order valence-corrected chi connectivity index (χ1v) is 6.52. The van der Waals surface area contributed by atoms with Crippen molar-refractivity contribution in [2.45, 2.75) is 25.3 Å². The van der Waals surface area contributed by atoms with Gasteiger partial charge in [0.25, 0.3) is 5.91 Å². The van der Waals surface area contributed by atoms with E-state index >= 15 is 0 Å². The lowest BCUT2D eigenvalue weighted by molar-refractivity contribution is 0.0504. The predicted octanol–water partition coefficient (Wildman–Crippen LogP) is 1.26. The van der Waals surface area contributed by atoms with Crippen LogP contribution < -0.4 is 10.5 Å². The molecule has 3 N–H and O–H groups in total.